The third-order valence-electron chi connectivity index (χ3n) is 6.54. The highest BCUT2D eigenvalue weighted by atomic mass is 16.5. The van der Waals surface area contributed by atoms with Gasteiger partial charge in [0, 0.05) is 46.2 Å². The number of ketones is 1. The SMILES string of the molecule is COc1ccc2c(c1)c(C(=O)COc1ccc3c4c(c(=O)oc3c1)CCCC4)c(C)n2C. The Labute approximate surface area is 185 Å². The Morgan fingerprint density at radius 1 is 1.03 bits per heavy atom. The number of carbonyl (C=O) groups is 1. The molecule has 0 saturated carbocycles. The summed E-state index contributed by atoms with van der Waals surface area (Å²) in [6, 6.07) is 11.2. The van der Waals surface area contributed by atoms with Crippen LogP contribution in [0, 0.1) is 6.92 Å². The van der Waals surface area contributed by atoms with E-state index in [4.69, 9.17) is 13.9 Å². The minimum absolute atomic E-state index is 0.113. The van der Waals surface area contributed by atoms with Crippen LogP contribution >= 0.6 is 0 Å². The van der Waals surface area contributed by atoms with E-state index in [-0.39, 0.29) is 18.0 Å². The van der Waals surface area contributed by atoms with E-state index >= 15 is 0 Å². The molecule has 0 bridgehead atoms. The van der Waals surface area contributed by atoms with Gasteiger partial charge >= 0.3 is 5.63 Å². The van der Waals surface area contributed by atoms with Crippen molar-refractivity contribution in [3.63, 3.8) is 0 Å². The Morgan fingerprint density at radius 2 is 1.78 bits per heavy atom. The quantitative estimate of drug-likeness (QED) is 0.337. The molecule has 6 heteroatoms. The van der Waals surface area contributed by atoms with E-state index in [1.807, 2.05) is 48.9 Å². The lowest BCUT2D eigenvalue weighted by molar-refractivity contribution is 0.0922. The zero-order valence-electron chi connectivity index (χ0n) is 18.5. The Bertz CT molecular complexity index is 1430. The second-order valence-corrected chi connectivity index (χ2v) is 8.33. The summed E-state index contributed by atoms with van der Waals surface area (Å²) in [5.74, 6) is 1.08. The average molecular weight is 431 g/mol. The minimum atomic E-state index is -0.263. The molecule has 5 rings (SSSR count). The van der Waals surface area contributed by atoms with Gasteiger partial charge in [-0.05, 0) is 68.5 Å². The first-order chi connectivity index (χ1) is 15.5. The summed E-state index contributed by atoms with van der Waals surface area (Å²) in [6.07, 6.45) is 3.76. The summed E-state index contributed by atoms with van der Waals surface area (Å²) in [7, 11) is 3.55. The van der Waals surface area contributed by atoms with Gasteiger partial charge in [-0.15, -0.1) is 0 Å². The zero-order valence-corrected chi connectivity index (χ0v) is 18.5. The molecule has 2 heterocycles. The maximum Gasteiger partial charge on any atom is 0.339 e. The molecule has 32 heavy (non-hydrogen) atoms. The molecule has 4 aromatic rings. The summed E-state index contributed by atoms with van der Waals surface area (Å²) in [4.78, 5) is 25.5. The fourth-order valence-corrected chi connectivity index (χ4v) is 4.77. The van der Waals surface area contributed by atoms with Crippen LogP contribution in [0.1, 0.15) is 40.0 Å². The van der Waals surface area contributed by atoms with Crippen LogP contribution in [0.25, 0.3) is 21.9 Å². The molecular formula is C26H25NO5. The molecule has 0 atom stereocenters. The molecular weight excluding hydrogens is 406 g/mol. The Morgan fingerprint density at radius 3 is 2.56 bits per heavy atom. The number of hydrogen-bond acceptors (Lipinski definition) is 5. The Balaban J connectivity index is 1.44. The molecule has 1 aliphatic rings. The molecule has 6 nitrogen and oxygen atoms in total. The lowest BCUT2D eigenvalue weighted by Crippen LogP contribution is -2.16. The van der Waals surface area contributed by atoms with Crippen molar-refractivity contribution in [2.24, 2.45) is 7.05 Å². The van der Waals surface area contributed by atoms with E-state index in [2.05, 4.69) is 0 Å². The van der Waals surface area contributed by atoms with Crippen molar-refractivity contribution in [2.75, 3.05) is 13.7 Å². The van der Waals surface area contributed by atoms with Gasteiger partial charge in [0.15, 0.2) is 6.61 Å². The maximum atomic E-state index is 13.1. The normalized spacial score (nSPS) is 13.3. The lowest BCUT2D eigenvalue weighted by Gasteiger charge is -2.16. The lowest BCUT2D eigenvalue weighted by atomic mass is 9.91. The molecule has 0 unspecified atom stereocenters. The largest absolute Gasteiger partial charge is 0.497 e. The van der Waals surface area contributed by atoms with E-state index < -0.39 is 0 Å². The highest BCUT2D eigenvalue weighted by Crippen LogP contribution is 2.31. The highest BCUT2D eigenvalue weighted by molar-refractivity contribution is 6.10. The highest BCUT2D eigenvalue weighted by Gasteiger charge is 2.21. The van der Waals surface area contributed by atoms with Gasteiger partial charge < -0.3 is 18.5 Å². The smallest absolute Gasteiger partial charge is 0.339 e. The fraction of sp³-hybridized carbons (Fsp3) is 0.308. The van der Waals surface area contributed by atoms with Crippen molar-refractivity contribution in [1.82, 2.24) is 4.57 Å². The van der Waals surface area contributed by atoms with Crippen molar-refractivity contribution in [1.29, 1.82) is 0 Å². The molecule has 2 aromatic carbocycles. The number of ether oxygens (including phenoxy) is 2. The predicted octanol–water partition coefficient (Wildman–Crippen LogP) is 4.74. The van der Waals surface area contributed by atoms with E-state index in [0.717, 1.165) is 58.8 Å². The number of benzene rings is 2. The fourth-order valence-electron chi connectivity index (χ4n) is 4.77. The van der Waals surface area contributed by atoms with Gasteiger partial charge in [0.1, 0.15) is 17.1 Å². The van der Waals surface area contributed by atoms with E-state index in [1.165, 1.54) is 0 Å². The molecule has 0 fully saturated rings. The number of fused-ring (bicyclic) bond motifs is 4. The van der Waals surface area contributed by atoms with Gasteiger partial charge in [-0.3, -0.25) is 4.79 Å². The standard InChI is InChI=1S/C26H25NO5/c1-15-25(21-12-16(30-3)9-11-22(21)27(15)2)23(28)14-31-17-8-10-19-18-6-4-5-7-20(18)26(29)32-24(19)13-17/h8-13H,4-7,14H2,1-3H3. The monoisotopic (exact) mass is 431 g/mol. The number of methoxy groups -OCH3 is 1. The third kappa shape index (κ3) is 3.27. The van der Waals surface area contributed by atoms with Crippen LogP contribution in [0.4, 0.5) is 0 Å². The molecule has 2 aromatic heterocycles. The Hall–Kier alpha value is -3.54. The van der Waals surface area contributed by atoms with Crippen molar-refractivity contribution >= 4 is 27.7 Å². The molecule has 1 aliphatic carbocycles. The minimum Gasteiger partial charge on any atom is -0.497 e. The van der Waals surface area contributed by atoms with Crippen molar-refractivity contribution in [3.05, 3.63) is 69.2 Å². The number of Topliss-reactive ketones (excluding diaryl/α,β-unsaturated/α-hetero) is 1. The van der Waals surface area contributed by atoms with Gasteiger partial charge in [-0.1, -0.05) is 0 Å². The number of carbonyl (C=O) groups excluding carboxylic acids is 1. The van der Waals surface area contributed by atoms with E-state index in [0.29, 0.717) is 22.6 Å². The molecule has 0 aliphatic heterocycles. The van der Waals surface area contributed by atoms with Crippen molar-refractivity contribution in [2.45, 2.75) is 32.6 Å². The number of rotatable bonds is 5. The number of nitrogens with zero attached hydrogens (tertiary/aromatic N) is 1. The molecule has 0 saturated heterocycles. The number of hydrogen-bond donors (Lipinski definition) is 0. The first-order valence-corrected chi connectivity index (χ1v) is 10.9. The summed E-state index contributed by atoms with van der Waals surface area (Å²) >= 11 is 0. The van der Waals surface area contributed by atoms with Crippen molar-refractivity contribution < 1.29 is 18.7 Å². The molecule has 0 spiro atoms. The second kappa shape index (κ2) is 7.86. The molecule has 164 valence electrons. The van der Waals surface area contributed by atoms with Gasteiger partial charge in [-0.25, -0.2) is 4.79 Å². The van der Waals surface area contributed by atoms with Crippen LogP contribution in [-0.2, 0) is 19.9 Å². The van der Waals surface area contributed by atoms with Gasteiger partial charge in [0.05, 0.1) is 7.11 Å². The van der Waals surface area contributed by atoms with Gasteiger partial charge in [0.25, 0.3) is 0 Å². The Kier molecular flexibility index (Phi) is 5.00. The van der Waals surface area contributed by atoms with Crippen molar-refractivity contribution in [3.8, 4) is 11.5 Å². The summed E-state index contributed by atoms with van der Waals surface area (Å²) in [5, 5.41) is 1.80. The van der Waals surface area contributed by atoms with Crippen LogP contribution in [0.15, 0.2) is 45.6 Å². The summed E-state index contributed by atoms with van der Waals surface area (Å²) in [6.45, 7) is 1.81. The van der Waals surface area contributed by atoms with Crippen LogP contribution < -0.4 is 15.1 Å². The third-order valence-corrected chi connectivity index (χ3v) is 6.54. The van der Waals surface area contributed by atoms with Crippen LogP contribution in [-0.4, -0.2) is 24.1 Å². The topological polar surface area (TPSA) is 70.7 Å². The van der Waals surface area contributed by atoms with E-state index in [1.54, 1.807) is 13.2 Å². The first-order valence-electron chi connectivity index (χ1n) is 10.9. The van der Waals surface area contributed by atoms with E-state index in [9.17, 15) is 9.59 Å². The first kappa shape index (κ1) is 20.4. The molecule has 0 amide bonds. The maximum absolute atomic E-state index is 13.1. The summed E-state index contributed by atoms with van der Waals surface area (Å²) < 4.78 is 18.7. The number of aryl methyl sites for hydroxylation is 2. The zero-order chi connectivity index (χ0) is 22.4. The number of aromatic nitrogens is 1. The predicted molar refractivity (Wildman–Crippen MR) is 123 cm³/mol. The van der Waals surface area contributed by atoms with Crippen LogP contribution in [0.2, 0.25) is 0 Å². The second-order valence-electron chi connectivity index (χ2n) is 8.33. The van der Waals surface area contributed by atoms with Crippen LogP contribution in [0.3, 0.4) is 0 Å². The average Bonchev–Trinajstić information content (AvgIpc) is 3.06. The molecule has 0 radical (unpaired) electrons. The van der Waals surface area contributed by atoms with Gasteiger partial charge in [0.2, 0.25) is 5.78 Å². The summed E-state index contributed by atoms with van der Waals surface area (Å²) in [5.41, 5.74) is 4.59. The van der Waals surface area contributed by atoms with Gasteiger partial charge in [-0.2, -0.15) is 0 Å². The van der Waals surface area contributed by atoms with Crippen LogP contribution in [0.5, 0.6) is 11.5 Å². The molecule has 0 N–H and O–H groups in total.